The van der Waals surface area contributed by atoms with E-state index in [0.29, 0.717) is 0 Å². The number of allylic oxidation sites excluding steroid dienone is 10. The molecule has 0 amide bonds. The Morgan fingerprint density at radius 2 is 1.59 bits per heavy atom. The van der Waals surface area contributed by atoms with Crippen molar-refractivity contribution in [1.82, 2.24) is 0 Å². The number of hydrogen-bond acceptors (Lipinski definition) is 0. The lowest BCUT2D eigenvalue weighted by Gasteiger charge is -2.35. The fourth-order valence-corrected chi connectivity index (χ4v) is 4.30. The lowest BCUT2D eigenvalue weighted by molar-refractivity contribution is 0.766. The van der Waals surface area contributed by atoms with Gasteiger partial charge in [0.1, 0.15) is 0 Å². The molecule has 0 N–H and O–H groups in total. The standard InChI is InChI=1S/C27H26/c1-5-14-21(15-6-2)27(22-17-10-9-11-18-22)25(8-4)23(16-7-3)24-19-12-13-20-26(24)27/h5-20H,1,3H2,2,4H3/b15-6-,21-14+,23-16?,25-8+. The largest absolute Gasteiger partial charge is 0.0991 e. The van der Waals surface area contributed by atoms with Crippen molar-refractivity contribution in [2.45, 2.75) is 19.3 Å². The summed E-state index contributed by atoms with van der Waals surface area (Å²) in [7, 11) is 0. The predicted octanol–water partition coefficient (Wildman–Crippen LogP) is 7.19. The van der Waals surface area contributed by atoms with Crippen LogP contribution < -0.4 is 0 Å². The van der Waals surface area contributed by atoms with Crippen LogP contribution in [0.25, 0.3) is 5.57 Å². The van der Waals surface area contributed by atoms with Gasteiger partial charge in [-0.1, -0.05) is 110 Å². The quantitative estimate of drug-likeness (QED) is 0.501. The van der Waals surface area contributed by atoms with Gasteiger partial charge in [0.15, 0.2) is 0 Å². The topological polar surface area (TPSA) is 0 Å². The van der Waals surface area contributed by atoms with Crippen LogP contribution in [-0.4, -0.2) is 0 Å². The molecule has 0 bridgehead atoms. The van der Waals surface area contributed by atoms with Gasteiger partial charge in [-0.15, -0.1) is 0 Å². The van der Waals surface area contributed by atoms with Gasteiger partial charge in [-0.3, -0.25) is 0 Å². The number of benzene rings is 2. The highest BCUT2D eigenvalue weighted by atomic mass is 14.5. The van der Waals surface area contributed by atoms with E-state index in [-0.39, 0.29) is 5.41 Å². The molecule has 0 saturated heterocycles. The monoisotopic (exact) mass is 350 g/mol. The molecule has 134 valence electrons. The van der Waals surface area contributed by atoms with Crippen LogP contribution in [0.1, 0.15) is 30.5 Å². The summed E-state index contributed by atoms with van der Waals surface area (Å²) in [4.78, 5) is 0. The van der Waals surface area contributed by atoms with Gasteiger partial charge in [-0.2, -0.15) is 0 Å². The van der Waals surface area contributed by atoms with Crippen LogP contribution in [0.5, 0.6) is 0 Å². The minimum atomic E-state index is -0.373. The van der Waals surface area contributed by atoms with E-state index in [9.17, 15) is 0 Å². The number of hydrogen-bond donors (Lipinski definition) is 0. The maximum absolute atomic E-state index is 3.98. The molecule has 3 rings (SSSR count). The SMILES string of the molecule is C=CC=C1/C(=C\C)C(C(/C=C\C)=C/C=C)(c2ccccc2)c2ccccc21. The van der Waals surface area contributed by atoms with Crippen molar-refractivity contribution in [1.29, 1.82) is 0 Å². The van der Waals surface area contributed by atoms with E-state index in [1.807, 2.05) is 12.2 Å². The highest BCUT2D eigenvalue weighted by molar-refractivity contribution is 5.94. The Bertz CT molecular complexity index is 964. The van der Waals surface area contributed by atoms with Crippen LogP contribution in [-0.2, 0) is 5.41 Å². The third kappa shape index (κ3) is 2.88. The minimum Gasteiger partial charge on any atom is -0.0991 e. The van der Waals surface area contributed by atoms with Gasteiger partial charge in [0.05, 0.1) is 5.41 Å². The average Bonchev–Trinajstić information content (AvgIpc) is 2.99. The zero-order valence-electron chi connectivity index (χ0n) is 16.2. The molecule has 2 aromatic rings. The highest BCUT2D eigenvalue weighted by Gasteiger charge is 2.47. The summed E-state index contributed by atoms with van der Waals surface area (Å²) >= 11 is 0. The van der Waals surface area contributed by atoms with E-state index in [1.54, 1.807) is 0 Å². The maximum Gasteiger partial charge on any atom is 0.0710 e. The van der Waals surface area contributed by atoms with Crippen molar-refractivity contribution in [3.8, 4) is 0 Å². The van der Waals surface area contributed by atoms with Crippen LogP contribution in [0.2, 0.25) is 0 Å². The summed E-state index contributed by atoms with van der Waals surface area (Å²) < 4.78 is 0. The van der Waals surface area contributed by atoms with Gasteiger partial charge >= 0.3 is 0 Å². The fraction of sp³-hybridized carbons (Fsp3) is 0.111. The molecule has 2 aromatic carbocycles. The van der Waals surface area contributed by atoms with Gasteiger partial charge in [-0.25, -0.2) is 0 Å². The molecular weight excluding hydrogens is 324 g/mol. The predicted molar refractivity (Wildman–Crippen MR) is 119 cm³/mol. The Morgan fingerprint density at radius 1 is 0.889 bits per heavy atom. The van der Waals surface area contributed by atoms with Crippen LogP contribution in [0.4, 0.5) is 0 Å². The summed E-state index contributed by atoms with van der Waals surface area (Å²) in [6.45, 7) is 12.1. The first-order chi connectivity index (χ1) is 13.2. The van der Waals surface area contributed by atoms with Crippen molar-refractivity contribution in [3.63, 3.8) is 0 Å². The average molecular weight is 351 g/mol. The maximum atomic E-state index is 3.98. The van der Waals surface area contributed by atoms with Crippen molar-refractivity contribution >= 4 is 5.57 Å². The summed E-state index contributed by atoms with van der Waals surface area (Å²) in [5.74, 6) is 0. The second kappa shape index (κ2) is 8.05. The molecule has 27 heavy (non-hydrogen) atoms. The first-order valence-electron chi connectivity index (χ1n) is 9.36. The van der Waals surface area contributed by atoms with E-state index < -0.39 is 0 Å². The van der Waals surface area contributed by atoms with Crippen molar-refractivity contribution < 1.29 is 0 Å². The first-order valence-corrected chi connectivity index (χ1v) is 9.36. The Morgan fingerprint density at radius 3 is 2.22 bits per heavy atom. The van der Waals surface area contributed by atoms with Gasteiger partial charge in [0.25, 0.3) is 0 Å². The first kappa shape index (κ1) is 18.7. The second-order valence-electron chi connectivity index (χ2n) is 6.54. The van der Waals surface area contributed by atoms with E-state index in [4.69, 9.17) is 0 Å². The second-order valence-corrected chi connectivity index (χ2v) is 6.54. The molecule has 0 aromatic heterocycles. The number of fused-ring (bicyclic) bond motifs is 1. The molecule has 0 radical (unpaired) electrons. The molecule has 1 aliphatic carbocycles. The summed E-state index contributed by atoms with van der Waals surface area (Å²) in [5, 5.41) is 0. The molecule has 0 heterocycles. The Labute approximate surface area is 163 Å². The molecule has 0 fully saturated rings. The van der Waals surface area contributed by atoms with E-state index in [2.05, 4.69) is 112 Å². The smallest absolute Gasteiger partial charge is 0.0710 e. The van der Waals surface area contributed by atoms with E-state index in [1.165, 1.54) is 33.4 Å². The third-order valence-corrected chi connectivity index (χ3v) is 5.17. The molecule has 0 aliphatic heterocycles. The zero-order chi connectivity index (χ0) is 19.3. The molecule has 1 unspecified atom stereocenters. The summed E-state index contributed by atoms with van der Waals surface area (Å²) in [6.07, 6.45) is 14.6. The molecule has 1 aliphatic rings. The number of rotatable bonds is 5. The third-order valence-electron chi connectivity index (χ3n) is 5.17. The minimum absolute atomic E-state index is 0.373. The molecular formula is C27H26. The summed E-state index contributed by atoms with van der Waals surface area (Å²) in [6, 6.07) is 19.4. The molecule has 1 atom stereocenters. The van der Waals surface area contributed by atoms with Gasteiger partial charge in [0.2, 0.25) is 0 Å². The molecule has 0 heteroatoms. The molecule has 0 spiro atoms. The van der Waals surface area contributed by atoms with Crippen molar-refractivity contribution in [3.05, 3.63) is 138 Å². The highest BCUT2D eigenvalue weighted by Crippen LogP contribution is 2.57. The zero-order valence-corrected chi connectivity index (χ0v) is 16.2. The lowest BCUT2D eigenvalue weighted by Crippen LogP contribution is -2.29. The Balaban J connectivity index is 2.54. The summed E-state index contributed by atoms with van der Waals surface area (Å²) in [5.41, 5.74) is 7.15. The lowest BCUT2D eigenvalue weighted by atomic mass is 9.66. The molecule has 0 saturated carbocycles. The molecule has 0 nitrogen and oxygen atoms in total. The van der Waals surface area contributed by atoms with Crippen LogP contribution in [0.3, 0.4) is 0 Å². The van der Waals surface area contributed by atoms with Gasteiger partial charge in [-0.05, 0) is 47.3 Å². The van der Waals surface area contributed by atoms with Gasteiger partial charge in [0, 0.05) is 0 Å². The van der Waals surface area contributed by atoms with Crippen LogP contribution >= 0.6 is 0 Å². The van der Waals surface area contributed by atoms with E-state index in [0.717, 1.165) is 0 Å². The van der Waals surface area contributed by atoms with Crippen molar-refractivity contribution in [2.75, 3.05) is 0 Å². The van der Waals surface area contributed by atoms with Crippen molar-refractivity contribution in [2.24, 2.45) is 0 Å². The van der Waals surface area contributed by atoms with E-state index >= 15 is 0 Å². The normalized spacial score (nSPS) is 22.4. The van der Waals surface area contributed by atoms with Crippen LogP contribution in [0.15, 0.2) is 121 Å². The Kier molecular flexibility index (Phi) is 5.57. The Hall–Kier alpha value is -3.12. The van der Waals surface area contributed by atoms with Crippen LogP contribution in [0, 0.1) is 0 Å². The fourth-order valence-electron chi connectivity index (χ4n) is 4.30. The van der Waals surface area contributed by atoms with Gasteiger partial charge < -0.3 is 0 Å².